The fraction of sp³-hybridized carbons (Fsp3) is 0.107. The largest absolute Gasteiger partial charge is 0.341 e. The topological polar surface area (TPSA) is 29.1 Å². The second-order valence-corrected chi connectivity index (χ2v) is 9.10. The highest BCUT2D eigenvalue weighted by Crippen LogP contribution is 2.26. The van der Waals surface area contributed by atoms with Gasteiger partial charge in [-0.15, -0.1) is 11.8 Å². The van der Waals surface area contributed by atoms with Crippen LogP contribution in [0.25, 0.3) is 0 Å². The van der Waals surface area contributed by atoms with Crippen molar-refractivity contribution in [2.24, 2.45) is 0 Å². The second kappa shape index (κ2) is 10.5. The molecule has 0 heterocycles. The summed E-state index contributed by atoms with van der Waals surface area (Å²) in [7, 11) is 0. The minimum Gasteiger partial charge on any atom is -0.341 e. The highest BCUT2D eigenvalue weighted by molar-refractivity contribution is 7.98. The van der Waals surface area contributed by atoms with E-state index in [9.17, 15) is 4.79 Å². The van der Waals surface area contributed by atoms with Crippen LogP contribution in [0, 0.1) is 6.92 Å². The number of carbonyl (C=O) groups is 1. The Balaban J connectivity index is 1.47. The Kier molecular flexibility index (Phi) is 7.31. The molecule has 1 atom stereocenters. The van der Waals surface area contributed by atoms with E-state index in [-0.39, 0.29) is 11.9 Å². The van der Waals surface area contributed by atoms with Gasteiger partial charge in [0.05, 0.1) is 6.04 Å². The van der Waals surface area contributed by atoms with E-state index >= 15 is 0 Å². The molecule has 0 spiro atoms. The molecule has 4 rings (SSSR count). The first-order chi connectivity index (χ1) is 15.6. The number of carbonyl (C=O) groups excluding carboxylic acids is 1. The zero-order valence-corrected chi connectivity index (χ0v) is 19.4. The monoisotopic (exact) mass is 457 g/mol. The average molecular weight is 458 g/mol. The molecule has 4 aromatic rings. The van der Waals surface area contributed by atoms with Gasteiger partial charge in [-0.2, -0.15) is 0 Å². The molecular weight excluding hydrogens is 434 g/mol. The van der Waals surface area contributed by atoms with Crippen LogP contribution in [0.5, 0.6) is 0 Å². The fourth-order valence-corrected chi connectivity index (χ4v) is 4.54. The van der Waals surface area contributed by atoms with Crippen molar-refractivity contribution >= 4 is 29.3 Å². The van der Waals surface area contributed by atoms with Gasteiger partial charge in [0.2, 0.25) is 0 Å². The van der Waals surface area contributed by atoms with Gasteiger partial charge in [-0.1, -0.05) is 78.3 Å². The van der Waals surface area contributed by atoms with Gasteiger partial charge in [0.15, 0.2) is 0 Å². The third-order valence-corrected chi connectivity index (χ3v) is 6.68. The Labute approximate surface area is 198 Å². The predicted molar refractivity (Wildman–Crippen MR) is 134 cm³/mol. The maximum atomic E-state index is 13.1. The average Bonchev–Trinajstić information content (AvgIpc) is 2.83. The first-order valence-electron chi connectivity index (χ1n) is 10.5. The van der Waals surface area contributed by atoms with Crippen molar-refractivity contribution in [3.63, 3.8) is 0 Å². The van der Waals surface area contributed by atoms with E-state index in [2.05, 4.69) is 36.5 Å². The van der Waals surface area contributed by atoms with Crippen molar-refractivity contribution < 1.29 is 4.79 Å². The summed E-state index contributed by atoms with van der Waals surface area (Å²) >= 11 is 7.70. The van der Waals surface area contributed by atoms with E-state index in [4.69, 9.17) is 11.6 Å². The quantitative estimate of drug-likeness (QED) is 0.292. The lowest BCUT2D eigenvalue weighted by Gasteiger charge is -2.22. The molecule has 0 bridgehead atoms. The van der Waals surface area contributed by atoms with Gasteiger partial charge in [-0.3, -0.25) is 4.79 Å². The number of thioether (sulfide) groups is 1. The summed E-state index contributed by atoms with van der Waals surface area (Å²) in [5, 5.41) is 3.97. The number of rotatable bonds is 7. The van der Waals surface area contributed by atoms with Gasteiger partial charge in [0.1, 0.15) is 0 Å². The molecule has 0 saturated heterocycles. The molecule has 0 radical (unpaired) electrons. The van der Waals surface area contributed by atoms with Gasteiger partial charge >= 0.3 is 0 Å². The summed E-state index contributed by atoms with van der Waals surface area (Å²) in [4.78, 5) is 14.3. The summed E-state index contributed by atoms with van der Waals surface area (Å²) < 4.78 is 0. The van der Waals surface area contributed by atoms with Gasteiger partial charge in [0, 0.05) is 21.2 Å². The van der Waals surface area contributed by atoms with E-state index in [0.29, 0.717) is 5.56 Å². The Bertz CT molecular complexity index is 1170. The molecule has 1 amide bonds. The van der Waals surface area contributed by atoms with Crippen molar-refractivity contribution in [1.29, 1.82) is 0 Å². The first-order valence-corrected chi connectivity index (χ1v) is 11.8. The lowest BCUT2D eigenvalue weighted by atomic mass is 9.94. The molecule has 0 unspecified atom stereocenters. The normalized spacial score (nSPS) is 11.7. The summed E-state index contributed by atoms with van der Waals surface area (Å²) in [5.74, 6) is 0.748. The van der Waals surface area contributed by atoms with Gasteiger partial charge in [-0.05, 0) is 65.6 Å². The predicted octanol–water partition coefficient (Wildman–Crippen LogP) is 7.46. The van der Waals surface area contributed by atoms with Crippen LogP contribution in [-0.4, -0.2) is 5.91 Å². The van der Waals surface area contributed by atoms with E-state index in [1.807, 2.05) is 78.9 Å². The second-order valence-electron chi connectivity index (χ2n) is 7.61. The van der Waals surface area contributed by atoms with Crippen molar-refractivity contribution in [3.05, 3.63) is 136 Å². The van der Waals surface area contributed by atoms with E-state index < -0.39 is 0 Å². The van der Waals surface area contributed by atoms with Gasteiger partial charge < -0.3 is 5.32 Å². The van der Waals surface area contributed by atoms with Crippen LogP contribution in [-0.2, 0) is 5.75 Å². The van der Waals surface area contributed by atoms with Crippen molar-refractivity contribution in [3.8, 4) is 0 Å². The Morgan fingerprint density at radius 1 is 0.844 bits per heavy atom. The van der Waals surface area contributed by atoms with Crippen molar-refractivity contribution in [2.75, 3.05) is 0 Å². The van der Waals surface area contributed by atoms with E-state index in [1.165, 1.54) is 10.5 Å². The number of hydrogen-bond acceptors (Lipinski definition) is 2. The smallest absolute Gasteiger partial charge is 0.252 e. The molecule has 0 aliphatic carbocycles. The number of nitrogens with one attached hydrogen (secondary N) is 1. The molecule has 0 aliphatic heterocycles. The molecule has 2 nitrogen and oxygen atoms in total. The van der Waals surface area contributed by atoms with Gasteiger partial charge in [-0.25, -0.2) is 0 Å². The molecule has 0 aliphatic rings. The SMILES string of the molecule is Cc1ccccc1[C@@H](NC(=O)c1ccc(CSc2ccc(Cl)cc2)cc1)c1ccccc1. The van der Waals surface area contributed by atoms with Crippen LogP contribution >= 0.6 is 23.4 Å². The zero-order chi connectivity index (χ0) is 22.3. The number of halogens is 1. The molecule has 4 heteroatoms. The minimum atomic E-state index is -0.204. The Morgan fingerprint density at radius 2 is 1.50 bits per heavy atom. The van der Waals surface area contributed by atoms with Crippen LogP contribution in [0.3, 0.4) is 0 Å². The number of amides is 1. The highest BCUT2D eigenvalue weighted by atomic mass is 35.5. The minimum absolute atomic E-state index is 0.0842. The number of aryl methyl sites for hydroxylation is 1. The molecule has 160 valence electrons. The Morgan fingerprint density at radius 3 is 2.19 bits per heavy atom. The molecule has 4 aromatic carbocycles. The summed E-state index contributed by atoms with van der Waals surface area (Å²) in [6.07, 6.45) is 0. The summed E-state index contributed by atoms with van der Waals surface area (Å²) in [6.45, 7) is 2.07. The third-order valence-electron chi connectivity index (χ3n) is 5.34. The van der Waals surface area contributed by atoms with Crippen molar-refractivity contribution in [2.45, 2.75) is 23.6 Å². The molecule has 0 fully saturated rings. The number of benzene rings is 4. The molecule has 0 saturated carbocycles. The lowest BCUT2D eigenvalue weighted by molar-refractivity contribution is 0.0943. The molecule has 32 heavy (non-hydrogen) atoms. The molecule has 0 aromatic heterocycles. The van der Waals surface area contributed by atoms with E-state index in [1.54, 1.807) is 11.8 Å². The maximum absolute atomic E-state index is 13.1. The van der Waals surface area contributed by atoms with Crippen molar-refractivity contribution in [1.82, 2.24) is 5.32 Å². The summed E-state index contributed by atoms with van der Waals surface area (Å²) in [5.41, 5.74) is 5.13. The van der Waals surface area contributed by atoms with E-state index in [0.717, 1.165) is 27.5 Å². The highest BCUT2D eigenvalue weighted by Gasteiger charge is 2.19. The van der Waals surface area contributed by atoms with Crippen LogP contribution in [0.4, 0.5) is 0 Å². The maximum Gasteiger partial charge on any atom is 0.252 e. The van der Waals surface area contributed by atoms with Crippen LogP contribution in [0.1, 0.15) is 38.7 Å². The fourth-order valence-electron chi connectivity index (χ4n) is 3.56. The lowest BCUT2D eigenvalue weighted by Crippen LogP contribution is -2.29. The zero-order valence-electron chi connectivity index (χ0n) is 17.8. The van der Waals surface area contributed by atoms with Crippen LogP contribution in [0.15, 0.2) is 108 Å². The Hall–Kier alpha value is -3.01. The molecule has 1 N–H and O–H groups in total. The standard InChI is InChI=1S/C28H24ClNOS/c1-20-7-5-6-10-26(20)27(22-8-3-2-4-9-22)30-28(31)23-13-11-21(12-14-23)19-32-25-17-15-24(29)16-18-25/h2-18,27H,19H2,1H3,(H,30,31)/t27-/m0/s1. The van der Waals surface area contributed by atoms with Gasteiger partial charge in [0.25, 0.3) is 5.91 Å². The number of hydrogen-bond donors (Lipinski definition) is 1. The van der Waals surface area contributed by atoms with Crippen LogP contribution in [0.2, 0.25) is 5.02 Å². The molecular formula is C28H24ClNOS. The summed E-state index contributed by atoms with van der Waals surface area (Å²) in [6, 6.07) is 33.7. The first kappa shape index (κ1) is 22.2. The van der Waals surface area contributed by atoms with Crippen LogP contribution < -0.4 is 5.32 Å². The third kappa shape index (κ3) is 5.61.